The molecule has 0 spiro atoms. The zero-order chi connectivity index (χ0) is 16.6. The van der Waals surface area contributed by atoms with E-state index in [2.05, 4.69) is 20.3 Å². The number of thiazole rings is 1. The summed E-state index contributed by atoms with van der Waals surface area (Å²) < 4.78 is 0.985. The predicted octanol–water partition coefficient (Wildman–Crippen LogP) is 1.47. The van der Waals surface area contributed by atoms with Crippen LogP contribution in [0.3, 0.4) is 0 Å². The molecule has 0 fully saturated rings. The zero-order valence-corrected chi connectivity index (χ0v) is 13.3. The number of fused-ring (bicyclic) bond motifs is 1. The highest BCUT2D eigenvalue weighted by atomic mass is 32.1. The second kappa shape index (κ2) is 5.81. The van der Waals surface area contributed by atoms with Gasteiger partial charge in [0.15, 0.2) is 5.13 Å². The molecule has 3 aromatic rings. The number of benzene rings is 1. The second-order valence-electron chi connectivity index (χ2n) is 5.18. The fourth-order valence-electron chi connectivity index (χ4n) is 2.30. The highest BCUT2D eigenvalue weighted by Gasteiger charge is 2.13. The number of rotatable bonds is 3. The van der Waals surface area contributed by atoms with Gasteiger partial charge in [0.25, 0.3) is 5.56 Å². The Morgan fingerprint density at radius 2 is 2.04 bits per heavy atom. The van der Waals surface area contributed by atoms with Gasteiger partial charge in [-0.3, -0.25) is 14.6 Å². The second-order valence-corrected chi connectivity index (χ2v) is 6.21. The molecule has 7 nitrogen and oxygen atoms in total. The van der Waals surface area contributed by atoms with Crippen molar-refractivity contribution >= 4 is 32.6 Å². The third-order valence-electron chi connectivity index (χ3n) is 3.46. The van der Waals surface area contributed by atoms with Gasteiger partial charge in [-0.05, 0) is 25.5 Å². The van der Waals surface area contributed by atoms with Gasteiger partial charge in [-0.25, -0.2) is 9.78 Å². The molecule has 118 valence electrons. The lowest BCUT2D eigenvalue weighted by Gasteiger charge is -2.03. The van der Waals surface area contributed by atoms with Crippen LogP contribution in [0.25, 0.3) is 10.2 Å². The first kappa shape index (κ1) is 15.2. The van der Waals surface area contributed by atoms with Crippen molar-refractivity contribution in [2.75, 3.05) is 5.32 Å². The normalized spacial score (nSPS) is 10.9. The summed E-state index contributed by atoms with van der Waals surface area (Å²) in [5, 5.41) is 3.18. The average Bonchev–Trinajstić information content (AvgIpc) is 2.86. The van der Waals surface area contributed by atoms with Gasteiger partial charge >= 0.3 is 5.69 Å². The van der Waals surface area contributed by atoms with Crippen molar-refractivity contribution in [3.05, 3.63) is 55.9 Å². The molecule has 2 aromatic heterocycles. The first-order chi connectivity index (χ1) is 10.9. The first-order valence-corrected chi connectivity index (χ1v) is 7.74. The van der Waals surface area contributed by atoms with Gasteiger partial charge in [0.1, 0.15) is 0 Å². The highest BCUT2D eigenvalue weighted by Crippen LogP contribution is 2.27. The maximum absolute atomic E-state index is 12.1. The minimum Gasteiger partial charge on any atom is -0.311 e. The standard InChI is InChI=1S/C15H14N4O3S/c1-7-4-3-5-10-12(7)18-15(23-10)17-11(20)6-9-8(2)16-14(22)19-13(9)21/h3-5H,6H2,1-2H3,(H,17,18,20)(H2,16,19,21,22). The number of aryl methyl sites for hydroxylation is 2. The number of nitrogens with one attached hydrogen (secondary N) is 3. The molecule has 0 bridgehead atoms. The lowest BCUT2D eigenvalue weighted by atomic mass is 10.1. The van der Waals surface area contributed by atoms with E-state index in [0.717, 1.165) is 15.8 Å². The number of nitrogens with zero attached hydrogens (tertiary/aromatic N) is 1. The van der Waals surface area contributed by atoms with Gasteiger partial charge in [0, 0.05) is 11.3 Å². The molecule has 0 unspecified atom stereocenters. The Hall–Kier alpha value is -2.74. The van der Waals surface area contributed by atoms with Crippen molar-refractivity contribution in [1.29, 1.82) is 0 Å². The van der Waals surface area contributed by atoms with Gasteiger partial charge in [0.05, 0.1) is 16.6 Å². The van der Waals surface area contributed by atoms with Crippen LogP contribution < -0.4 is 16.6 Å². The topological polar surface area (TPSA) is 108 Å². The van der Waals surface area contributed by atoms with Gasteiger partial charge in [0.2, 0.25) is 5.91 Å². The Morgan fingerprint density at radius 3 is 2.74 bits per heavy atom. The van der Waals surface area contributed by atoms with Gasteiger partial charge in [-0.15, -0.1) is 0 Å². The van der Waals surface area contributed by atoms with Crippen molar-refractivity contribution in [2.45, 2.75) is 20.3 Å². The van der Waals surface area contributed by atoms with Crippen LogP contribution in [0.5, 0.6) is 0 Å². The number of carbonyl (C=O) groups is 1. The number of hydrogen-bond acceptors (Lipinski definition) is 5. The first-order valence-electron chi connectivity index (χ1n) is 6.92. The van der Waals surface area contributed by atoms with E-state index in [9.17, 15) is 14.4 Å². The predicted molar refractivity (Wildman–Crippen MR) is 89.1 cm³/mol. The largest absolute Gasteiger partial charge is 0.325 e. The van der Waals surface area contributed by atoms with Crippen molar-refractivity contribution in [2.24, 2.45) is 0 Å². The summed E-state index contributed by atoms with van der Waals surface area (Å²) in [6.45, 7) is 3.54. The number of aromatic nitrogens is 3. The number of aromatic amines is 2. The van der Waals surface area contributed by atoms with Gasteiger partial charge in [-0.2, -0.15) is 0 Å². The van der Waals surface area contributed by atoms with Crippen molar-refractivity contribution < 1.29 is 4.79 Å². The molecule has 0 aliphatic rings. The quantitative estimate of drug-likeness (QED) is 0.676. The van der Waals surface area contributed by atoms with Gasteiger partial charge < -0.3 is 10.3 Å². The van der Waals surface area contributed by atoms with E-state index < -0.39 is 11.2 Å². The highest BCUT2D eigenvalue weighted by molar-refractivity contribution is 7.22. The number of amides is 1. The molecule has 3 rings (SSSR count). The maximum Gasteiger partial charge on any atom is 0.325 e. The maximum atomic E-state index is 12.1. The minimum atomic E-state index is -0.585. The lowest BCUT2D eigenvalue weighted by Crippen LogP contribution is -2.29. The fraction of sp³-hybridized carbons (Fsp3) is 0.200. The van der Waals surface area contributed by atoms with Crippen LogP contribution in [0.1, 0.15) is 16.8 Å². The molecule has 0 saturated heterocycles. The third kappa shape index (κ3) is 3.07. The molecule has 0 radical (unpaired) electrons. The van der Waals surface area contributed by atoms with E-state index in [0.29, 0.717) is 10.8 Å². The van der Waals surface area contributed by atoms with Crippen LogP contribution in [-0.2, 0) is 11.2 Å². The summed E-state index contributed by atoms with van der Waals surface area (Å²) in [4.78, 5) is 44.0. The van der Waals surface area contributed by atoms with Crippen LogP contribution in [0.2, 0.25) is 0 Å². The molecule has 1 aromatic carbocycles. The van der Waals surface area contributed by atoms with E-state index in [1.165, 1.54) is 11.3 Å². The molecule has 0 aliphatic heterocycles. The molecular formula is C15H14N4O3S. The monoisotopic (exact) mass is 330 g/mol. The van der Waals surface area contributed by atoms with Crippen molar-refractivity contribution in [1.82, 2.24) is 15.0 Å². The summed E-state index contributed by atoms with van der Waals surface area (Å²) in [6.07, 6.45) is -0.132. The summed E-state index contributed by atoms with van der Waals surface area (Å²) in [5.41, 5.74) is 1.37. The SMILES string of the molecule is Cc1[nH]c(=O)[nH]c(=O)c1CC(=O)Nc1nc2c(C)cccc2s1. The summed E-state index contributed by atoms with van der Waals surface area (Å²) in [6, 6.07) is 5.83. The molecule has 8 heteroatoms. The summed E-state index contributed by atoms with van der Waals surface area (Å²) in [7, 11) is 0. The number of carbonyl (C=O) groups excluding carboxylic acids is 1. The molecule has 2 heterocycles. The van der Waals surface area contributed by atoms with E-state index in [-0.39, 0.29) is 17.9 Å². The van der Waals surface area contributed by atoms with Gasteiger partial charge in [-0.1, -0.05) is 23.5 Å². The van der Waals surface area contributed by atoms with E-state index in [1.807, 2.05) is 25.1 Å². The minimum absolute atomic E-state index is 0.132. The van der Waals surface area contributed by atoms with Crippen LogP contribution in [0, 0.1) is 13.8 Å². The molecule has 0 aliphatic carbocycles. The van der Waals surface area contributed by atoms with Crippen LogP contribution in [-0.4, -0.2) is 20.9 Å². The molecule has 1 amide bonds. The fourth-order valence-corrected chi connectivity index (χ4v) is 3.26. The number of para-hydroxylation sites is 1. The number of H-pyrrole nitrogens is 2. The van der Waals surface area contributed by atoms with E-state index >= 15 is 0 Å². The Kier molecular flexibility index (Phi) is 3.83. The Bertz CT molecular complexity index is 1020. The summed E-state index contributed by atoms with van der Waals surface area (Å²) >= 11 is 1.37. The molecular weight excluding hydrogens is 316 g/mol. The van der Waals surface area contributed by atoms with Crippen LogP contribution >= 0.6 is 11.3 Å². The van der Waals surface area contributed by atoms with Crippen LogP contribution in [0.4, 0.5) is 5.13 Å². The molecule has 23 heavy (non-hydrogen) atoms. The van der Waals surface area contributed by atoms with E-state index in [1.54, 1.807) is 6.92 Å². The zero-order valence-electron chi connectivity index (χ0n) is 12.5. The smallest absolute Gasteiger partial charge is 0.311 e. The molecule has 3 N–H and O–H groups in total. The number of anilines is 1. The average molecular weight is 330 g/mol. The van der Waals surface area contributed by atoms with Crippen LogP contribution in [0.15, 0.2) is 27.8 Å². The summed E-state index contributed by atoms with van der Waals surface area (Å²) in [5.74, 6) is -0.359. The number of hydrogen-bond donors (Lipinski definition) is 3. The third-order valence-corrected chi connectivity index (χ3v) is 4.40. The lowest BCUT2D eigenvalue weighted by molar-refractivity contribution is -0.115. The molecule has 0 atom stereocenters. The van der Waals surface area contributed by atoms with Crippen molar-refractivity contribution in [3.8, 4) is 0 Å². The molecule has 0 saturated carbocycles. The Labute approximate surface area is 134 Å². The van der Waals surface area contributed by atoms with Crippen molar-refractivity contribution in [3.63, 3.8) is 0 Å². The Balaban J connectivity index is 1.83. The Morgan fingerprint density at radius 1 is 1.26 bits per heavy atom. The van der Waals surface area contributed by atoms with E-state index in [4.69, 9.17) is 0 Å².